The second kappa shape index (κ2) is 13.8. The highest BCUT2D eigenvalue weighted by Gasteiger charge is 2.29. The molecule has 0 aliphatic carbocycles. The molecule has 3 atom stereocenters. The van der Waals surface area contributed by atoms with Gasteiger partial charge in [-0.15, -0.1) is 0 Å². The Hall–Kier alpha value is -3.56. The first-order valence-electron chi connectivity index (χ1n) is 9.86. The third-order valence-corrected chi connectivity index (χ3v) is 4.67. The van der Waals surface area contributed by atoms with E-state index in [0.29, 0.717) is 6.42 Å². The smallest absolute Gasteiger partial charge is 0.326 e. The van der Waals surface area contributed by atoms with Crippen molar-refractivity contribution in [3.8, 4) is 0 Å². The number of aliphatic imine (C=N–C) groups is 1. The molecule has 184 valence electrons. The zero-order chi connectivity index (χ0) is 25.0. The predicted molar refractivity (Wildman–Crippen MR) is 118 cm³/mol. The Morgan fingerprint density at radius 1 is 0.939 bits per heavy atom. The van der Waals surface area contributed by atoms with Crippen molar-refractivity contribution in [3.05, 3.63) is 0 Å². The van der Waals surface area contributed by atoms with Crippen molar-refractivity contribution in [2.24, 2.45) is 16.5 Å². The van der Waals surface area contributed by atoms with E-state index in [9.17, 15) is 33.9 Å². The Morgan fingerprint density at radius 3 is 2.12 bits per heavy atom. The van der Waals surface area contributed by atoms with Crippen LogP contribution >= 0.6 is 12.6 Å². The van der Waals surface area contributed by atoms with Gasteiger partial charge < -0.3 is 43.2 Å². The highest BCUT2D eigenvalue weighted by atomic mass is 32.1. The molecule has 1 heterocycles. The maximum absolute atomic E-state index is 12.5. The van der Waals surface area contributed by atoms with Crippen LogP contribution in [0.1, 0.15) is 19.3 Å². The largest absolute Gasteiger partial charge is 0.480 e. The van der Waals surface area contributed by atoms with Crippen LogP contribution in [0.15, 0.2) is 4.99 Å². The lowest BCUT2D eigenvalue weighted by Gasteiger charge is -2.22. The van der Waals surface area contributed by atoms with Crippen LogP contribution < -0.4 is 38.1 Å². The number of carbonyl (C=O) groups excluding carboxylic acids is 5. The van der Waals surface area contributed by atoms with Crippen LogP contribution in [0.5, 0.6) is 0 Å². The van der Waals surface area contributed by atoms with Gasteiger partial charge in [-0.05, 0) is 12.8 Å². The first-order chi connectivity index (χ1) is 15.5. The molecule has 0 saturated carbocycles. The van der Waals surface area contributed by atoms with Crippen LogP contribution in [0.2, 0.25) is 0 Å². The lowest BCUT2D eigenvalue weighted by Crippen LogP contribution is -2.56. The summed E-state index contributed by atoms with van der Waals surface area (Å²) < 4.78 is 0. The lowest BCUT2D eigenvalue weighted by molar-refractivity contribution is -0.144. The quantitative estimate of drug-likeness (QED) is 0.0751. The number of aliphatic carboxylic acids is 1. The summed E-state index contributed by atoms with van der Waals surface area (Å²) in [5.41, 5.74) is 10.5. The molecule has 0 aromatic rings. The van der Waals surface area contributed by atoms with Gasteiger partial charge in [0.05, 0.1) is 19.5 Å². The highest BCUT2D eigenvalue weighted by Crippen LogP contribution is 2.00. The summed E-state index contributed by atoms with van der Waals surface area (Å²) in [5.74, 6) is -5.66. The Labute approximate surface area is 194 Å². The van der Waals surface area contributed by atoms with E-state index in [-0.39, 0.29) is 24.7 Å². The van der Waals surface area contributed by atoms with Gasteiger partial charge in [0, 0.05) is 12.3 Å². The topological polar surface area (TPSA) is 247 Å². The normalized spacial score (nSPS) is 23.3. The van der Waals surface area contributed by atoms with Crippen LogP contribution in [0, 0.1) is 0 Å². The van der Waals surface area contributed by atoms with E-state index < -0.39 is 73.1 Å². The predicted octanol–water partition coefficient (Wildman–Crippen LogP) is -4.86. The van der Waals surface area contributed by atoms with Gasteiger partial charge in [0.15, 0.2) is 5.96 Å². The second-order valence-electron chi connectivity index (χ2n) is 6.97. The minimum atomic E-state index is -1.60. The number of thiol groups is 1. The van der Waals surface area contributed by atoms with Crippen molar-refractivity contribution in [1.82, 2.24) is 26.6 Å². The number of carbonyl (C=O) groups is 6. The third kappa shape index (κ3) is 10.5. The number of rotatable bonds is 6. The van der Waals surface area contributed by atoms with Gasteiger partial charge in [-0.2, -0.15) is 12.6 Å². The maximum atomic E-state index is 12.5. The summed E-state index contributed by atoms with van der Waals surface area (Å²) in [6.45, 7) is -0.874. The van der Waals surface area contributed by atoms with Crippen molar-refractivity contribution < 1.29 is 33.9 Å². The average molecular weight is 489 g/mol. The van der Waals surface area contributed by atoms with Gasteiger partial charge in [0.1, 0.15) is 18.1 Å². The van der Waals surface area contributed by atoms with E-state index in [1.165, 1.54) is 0 Å². The van der Waals surface area contributed by atoms with Crippen LogP contribution in [-0.2, 0) is 28.8 Å². The first kappa shape index (κ1) is 27.5. The Kier molecular flexibility index (Phi) is 11.5. The highest BCUT2D eigenvalue weighted by molar-refractivity contribution is 7.80. The van der Waals surface area contributed by atoms with Crippen LogP contribution in [0.3, 0.4) is 0 Å². The minimum Gasteiger partial charge on any atom is -0.480 e. The summed E-state index contributed by atoms with van der Waals surface area (Å²) in [7, 11) is 0. The number of guanidine groups is 1. The number of nitrogens with two attached hydrogens (primary N) is 2. The maximum Gasteiger partial charge on any atom is 0.326 e. The summed E-state index contributed by atoms with van der Waals surface area (Å²) in [6, 6.07) is -3.89. The molecule has 0 bridgehead atoms. The number of amides is 5. The molecular weight excluding hydrogens is 460 g/mol. The fraction of sp³-hybridized carbons (Fsp3) is 0.588. The Bertz CT molecular complexity index is 802. The van der Waals surface area contributed by atoms with Crippen molar-refractivity contribution in [2.45, 2.75) is 37.4 Å². The van der Waals surface area contributed by atoms with Gasteiger partial charge >= 0.3 is 5.97 Å². The first-order valence-corrected chi connectivity index (χ1v) is 10.5. The van der Waals surface area contributed by atoms with E-state index in [0.717, 1.165) is 0 Å². The zero-order valence-corrected chi connectivity index (χ0v) is 18.5. The van der Waals surface area contributed by atoms with Crippen LogP contribution in [-0.4, -0.2) is 90.1 Å². The molecule has 1 rings (SSSR count). The number of hydrogen-bond acceptors (Lipinski definition) is 8. The van der Waals surface area contributed by atoms with E-state index in [4.69, 9.17) is 11.5 Å². The van der Waals surface area contributed by atoms with Crippen molar-refractivity contribution in [2.75, 3.05) is 25.4 Å². The Balaban J connectivity index is 3.00. The molecule has 1 aliphatic rings. The molecule has 1 saturated heterocycles. The molecule has 1 aliphatic heterocycles. The number of nitrogens with one attached hydrogen (secondary N) is 5. The van der Waals surface area contributed by atoms with Gasteiger partial charge in [0.2, 0.25) is 29.5 Å². The average Bonchev–Trinajstić information content (AvgIpc) is 2.74. The number of nitrogens with zero attached hydrogens (tertiary/aromatic N) is 1. The standard InChI is InChI=1S/C17H28N8O7S/c18-17(19)20-3-1-2-8-14(29)22-6-13(28)24-10(7-33)15(30)25-9(16(31)32)4-11(26)21-5-12(27)23-8/h8-10,33H,1-7H2,(H,21,26)(H,22,29)(H,23,27)(H,24,28)(H,25,30)(H,31,32)(H4,18,19,20)/t8-,9-,10-/m0/s1. The van der Waals surface area contributed by atoms with Gasteiger partial charge in [0.25, 0.3) is 0 Å². The zero-order valence-electron chi connectivity index (χ0n) is 17.6. The molecule has 0 unspecified atom stereocenters. The lowest BCUT2D eigenvalue weighted by atomic mass is 10.1. The molecule has 10 N–H and O–H groups in total. The molecule has 5 amide bonds. The number of carboxylic acid groups (broad SMARTS) is 1. The summed E-state index contributed by atoms with van der Waals surface area (Å²) in [6.07, 6.45) is -0.228. The molecule has 33 heavy (non-hydrogen) atoms. The molecule has 0 radical (unpaired) electrons. The molecule has 0 aromatic carbocycles. The fourth-order valence-electron chi connectivity index (χ4n) is 2.66. The van der Waals surface area contributed by atoms with Gasteiger partial charge in [-0.25, -0.2) is 4.79 Å². The van der Waals surface area contributed by atoms with Crippen molar-refractivity contribution >= 4 is 54.1 Å². The minimum absolute atomic E-state index is 0.118. The fourth-order valence-corrected chi connectivity index (χ4v) is 2.91. The summed E-state index contributed by atoms with van der Waals surface area (Å²) >= 11 is 3.96. The molecule has 0 spiro atoms. The van der Waals surface area contributed by atoms with Crippen molar-refractivity contribution in [1.29, 1.82) is 0 Å². The molecular formula is C17H28N8O7S. The monoisotopic (exact) mass is 488 g/mol. The second-order valence-corrected chi connectivity index (χ2v) is 7.33. The molecule has 1 fully saturated rings. The number of carboxylic acids is 1. The molecule has 15 nitrogen and oxygen atoms in total. The van der Waals surface area contributed by atoms with Gasteiger partial charge in [-0.1, -0.05) is 0 Å². The van der Waals surface area contributed by atoms with Crippen LogP contribution in [0.4, 0.5) is 0 Å². The van der Waals surface area contributed by atoms with Crippen LogP contribution in [0.25, 0.3) is 0 Å². The van der Waals surface area contributed by atoms with Gasteiger partial charge in [-0.3, -0.25) is 29.0 Å². The Morgan fingerprint density at radius 2 is 1.55 bits per heavy atom. The third-order valence-electron chi connectivity index (χ3n) is 4.30. The van der Waals surface area contributed by atoms with Crippen molar-refractivity contribution in [3.63, 3.8) is 0 Å². The SMILES string of the molecule is NC(N)=NCCC[C@@H]1NC(=O)CNC(=O)C[C@@H](C(=O)O)NC(=O)[C@H](CS)NC(=O)CNC1=O. The molecule has 16 heteroatoms. The molecule has 0 aromatic heterocycles. The van der Waals surface area contributed by atoms with E-state index in [1.54, 1.807) is 0 Å². The summed E-state index contributed by atoms with van der Waals surface area (Å²) in [4.78, 5) is 76.4. The summed E-state index contributed by atoms with van der Waals surface area (Å²) in [5, 5.41) is 20.7. The van der Waals surface area contributed by atoms with E-state index in [1.807, 2.05) is 0 Å². The van der Waals surface area contributed by atoms with E-state index >= 15 is 0 Å². The van der Waals surface area contributed by atoms with E-state index in [2.05, 4.69) is 44.2 Å². The number of hydrogen-bond donors (Lipinski definition) is 9.